The summed E-state index contributed by atoms with van der Waals surface area (Å²) in [5.74, 6) is 0. The Kier molecular flexibility index (Phi) is 5.25. The topological polar surface area (TPSA) is 84.5 Å². The third-order valence-corrected chi connectivity index (χ3v) is 4.50. The summed E-state index contributed by atoms with van der Waals surface area (Å²) >= 11 is 0. The Balaban J connectivity index is 2.24. The van der Waals surface area contributed by atoms with E-state index in [9.17, 15) is 14.4 Å². The molecule has 0 aliphatic heterocycles. The van der Waals surface area contributed by atoms with Crippen LogP contribution in [0.5, 0.6) is 0 Å². The first-order valence-electron chi connectivity index (χ1n) is 8.08. The Morgan fingerprint density at radius 2 is 1.31 bits per heavy atom. The van der Waals surface area contributed by atoms with Crippen LogP contribution in [0, 0.1) is 13.8 Å². The second-order valence-electron chi connectivity index (χ2n) is 6.00. The molecule has 0 atom stereocenters. The van der Waals surface area contributed by atoms with Gasteiger partial charge in [-0.2, -0.15) is 0 Å². The van der Waals surface area contributed by atoms with Gasteiger partial charge < -0.3 is 14.4 Å². The summed E-state index contributed by atoms with van der Waals surface area (Å²) in [5, 5.41) is 0. The van der Waals surface area contributed by atoms with Crippen molar-refractivity contribution < 1.29 is 19.0 Å². The Labute approximate surface area is 152 Å². The SMILES string of the molecule is Cc1ccccc1-c1cccc(NOP(=O)([O-])[O-])c1-c1ccccc1C. The number of hydrogen-bond donors (Lipinski definition) is 1. The van der Waals surface area contributed by atoms with Gasteiger partial charge in [0.05, 0.1) is 13.5 Å². The van der Waals surface area contributed by atoms with Crippen LogP contribution in [0.25, 0.3) is 22.3 Å². The first kappa shape index (κ1) is 18.4. The third-order valence-electron chi connectivity index (χ3n) is 4.18. The van der Waals surface area contributed by atoms with Crippen molar-refractivity contribution in [3.8, 4) is 22.3 Å². The minimum atomic E-state index is -5.16. The average molecular weight is 367 g/mol. The largest absolute Gasteiger partial charge is 0.788 e. The van der Waals surface area contributed by atoms with Crippen molar-refractivity contribution in [1.29, 1.82) is 0 Å². The summed E-state index contributed by atoms with van der Waals surface area (Å²) in [5.41, 5.74) is 8.45. The predicted octanol–water partition coefficient (Wildman–Crippen LogP) is 3.81. The Hall–Kier alpha value is -2.43. The first-order chi connectivity index (χ1) is 12.4. The Bertz CT molecular complexity index is 981. The molecule has 134 valence electrons. The monoisotopic (exact) mass is 367 g/mol. The van der Waals surface area contributed by atoms with E-state index in [4.69, 9.17) is 0 Å². The number of nitrogens with one attached hydrogen (secondary N) is 1. The molecule has 0 radical (unpaired) electrons. The van der Waals surface area contributed by atoms with E-state index in [-0.39, 0.29) is 0 Å². The van der Waals surface area contributed by atoms with Gasteiger partial charge in [-0.05, 0) is 47.7 Å². The van der Waals surface area contributed by atoms with Crippen LogP contribution >= 0.6 is 7.82 Å². The Morgan fingerprint density at radius 1 is 0.769 bits per heavy atom. The summed E-state index contributed by atoms with van der Waals surface area (Å²) in [6, 6.07) is 21.1. The summed E-state index contributed by atoms with van der Waals surface area (Å²) in [4.78, 5) is 21.8. The fraction of sp³-hybridized carbons (Fsp3) is 0.100. The molecule has 0 fully saturated rings. The maximum atomic E-state index is 10.9. The van der Waals surface area contributed by atoms with Gasteiger partial charge in [-0.3, -0.25) is 5.48 Å². The molecule has 1 N–H and O–H groups in total. The standard InChI is InChI=1S/C20H20NO4P/c1-14-8-3-5-10-16(14)18-12-7-13-19(21-25-26(22,23)24)20(18)17-11-6-4-9-15(17)2/h3-13,21H,1-2H3,(H2,22,23,24)/p-2. The van der Waals surface area contributed by atoms with Gasteiger partial charge in [0.1, 0.15) is 0 Å². The highest BCUT2D eigenvalue weighted by Crippen LogP contribution is 2.41. The third kappa shape index (κ3) is 4.03. The van der Waals surface area contributed by atoms with Crippen LogP contribution in [0.15, 0.2) is 66.7 Å². The van der Waals surface area contributed by atoms with Gasteiger partial charge in [0.25, 0.3) is 0 Å². The van der Waals surface area contributed by atoms with Crippen molar-refractivity contribution in [2.75, 3.05) is 5.48 Å². The molecule has 0 spiro atoms. The van der Waals surface area contributed by atoms with E-state index in [1.807, 2.05) is 68.4 Å². The molecule has 0 saturated carbocycles. The second kappa shape index (κ2) is 7.44. The number of hydrogen-bond acceptors (Lipinski definition) is 5. The van der Waals surface area contributed by atoms with Gasteiger partial charge in [-0.25, -0.2) is 4.62 Å². The van der Waals surface area contributed by atoms with Crippen LogP contribution in [0.1, 0.15) is 11.1 Å². The fourth-order valence-corrected chi connectivity index (χ4v) is 3.20. The normalized spacial score (nSPS) is 11.4. The molecule has 3 aromatic rings. The molecule has 3 rings (SSSR count). The molecule has 6 heteroatoms. The van der Waals surface area contributed by atoms with E-state index in [2.05, 4.69) is 10.1 Å². The number of phosphoric acid groups is 1. The van der Waals surface area contributed by atoms with Crippen molar-refractivity contribution in [2.24, 2.45) is 0 Å². The smallest absolute Gasteiger partial charge is 0.0915 e. The average Bonchev–Trinajstić information content (AvgIpc) is 2.60. The lowest BCUT2D eigenvalue weighted by molar-refractivity contribution is -0.339. The summed E-state index contributed by atoms with van der Waals surface area (Å²) < 4.78 is 15.2. The number of aryl methyl sites for hydroxylation is 2. The second-order valence-corrected chi connectivity index (χ2v) is 7.08. The van der Waals surface area contributed by atoms with Crippen LogP contribution < -0.4 is 15.3 Å². The zero-order chi connectivity index (χ0) is 18.7. The van der Waals surface area contributed by atoms with Gasteiger partial charge in [0, 0.05) is 5.56 Å². The zero-order valence-electron chi connectivity index (χ0n) is 14.4. The van der Waals surface area contributed by atoms with Crippen molar-refractivity contribution in [1.82, 2.24) is 0 Å². The highest BCUT2D eigenvalue weighted by atomic mass is 31.2. The minimum absolute atomic E-state index is 0.409. The summed E-state index contributed by atoms with van der Waals surface area (Å²) in [7, 11) is -5.16. The summed E-state index contributed by atoms with van der Waals surface area (Å²) in [6.07, 6.45) is 0. The first-order valence-corrected chi connectivity index (χ1v) is 9.54. The molecule has 5 nitrogen and oxygen atoms in total. The van der Waals surface area contributed by atoms with E-state index in [1.54, 1.807) is 12.1 Å². The van der Waals surface area contributed by atoms with E-state index in [1.165, 1.54) is 0 Å². The molecule has 3 aromatic carbocycles. The molecule has 0 aromatic heterocycles. The van der Waals surface area contributed by atoms with Crippen LogP contribution in [0.3, 0.4) is 0 Å². The van der Waals surface area contributed by atoms with Crippen LogP contribution in [-0.4, -0.2) is 0 Å². The maximum Gasteiger partial charge on any atom is 0.0915 e. The predicted molar refractivity (Wildman–Crippen MR) is 99.1 cm³/mol. The van der Waals surface area contributed by atoms with Gasteiger partial charge >= 0.3 is 0 Å². The van der Waals surface area contributed by atoms with Crippen LogP contribution in [0.4, 0.5) is 5.69 Å². The van der Waals surface area contributed by atoms with Crippen molar-refractivity contribution in [3.05, 3.63) is 77.9 Å². The molecule has 0 heterocycles. The molecule has 0 bridgehead atoms. The van der Waals surface area contributed by atoms with Gasteiger partial charge in [-0.1, -0.05) is 60.7 Å². The quantitative estimate of drug-likeness (QED) is 0.548. The molecular weight excluding hydrogens is 349 g/mol. The summed E-state index contributed by atoms with van der Waals surface area (Å²) in [6.45, 7) is 3.98. The molecule has 0 saturated heterocycles. The molecule has 26 heavy (non-hydrogen) atoms. The lowest BCUT2D eigenvalue weighted by Gasteiger charge is -2.29. The van der Waals surface area contributed by atoms with Gasteiger partial charge in [0.15, 0.2) is 0 Å². The maximum absolute atomic E-state index is 10.9. The van der Waals surface area contributed by atoms with E-state index >= 15 is 0 Å². The van der Waals surface area contributed by atoms with Gasteiger partial charge in [0.2, 0.25) is 0 Å². The minimum Gasteiger partial charge on any atom is -0.788 e. The van der Waals surface area contributed by atoms with E-state index in [0.29, 0.717) is 5.69 Å². The molecule has 0 amide bonds. The molecule has 0 aliphatic carbocycles. The van der Waals surface area contributed by atoms with Crippen molar-refractivity contribution >= 4 is 13.5 Å². The van der Waals surface area contributed by atoms with Crippen LogP contribution in [-0.2, 0) is 9.19 Å². The molecule has 0 aliphatic rings. The van der Waals surface area contributed by atoms with E-state index in [0.717, 1.165) is 33.4 Å². The van der Waals surface area contributed by atoms with Crippen LogP contribution in [0.2, 0.25) is 0 Å². The number of rotatable bonds is 5. The molecule has 0 unspecified atom stereocenters. The van der Waals surface area contributed by atoms with E-state index < -0.39 is 7.82 Å². The number of anilines is 1. The lowest BCUT2D eigenvalue weighted by Crippen LogP contribution is -2.19. The van der Waals surface area contributed by atoms with Crippen molar-refractivity contribution in [3.63, 3.8) is 0 Å². The lowest BCUT2D eigenvalue weighted by atomic mass is 9.89. The Morgan fingerprint density at radius 3 is 1.88 bits per heavy atom. The number of benzene rings is 3. The fourth-order valence-electron chi connectivity index (χ4n) is 2.99. The zero-order valence-corrected chi connectivity index (χ0v) is 15.3. The van der Waals surface area contributed by atoms with Gasteiger partial charge in [-0.15, -0.1) is 0 Å². The molecular formula is C20H18NO4P-2. The van der Waals surface area contributed by atoms with Crippen molar-refractivity contribution in [2.45, 2.75) is 13.8 Å². The highest BCUT2D eigenvalue weighted by Gasteiger charge is 2.15. The highest BCUT2D eigenvalue weighted by molar-refractivity contribution is 7.43.